The van der Waals surface area contributed by atoms with Gasteiger partial charge in [-0.05, 0) is 31.0 Å². The fourth-order valence-corrected chi connectivity index (χ4v) is 1.68. The van der Waals surface area contributed by atoms with Gasteiger partial charge in [-0.1, -0.05) is 6.07 Å². The van der Waals surface area contributed by atoms with E-state index < -0.39 is 16.0 Å². The van der Waals surface area contributed by atoms with E-state index in [4.69, 9.17) is 9.96 Å². The Bertz CT molecular complexity index is 586. The molecule has 0 unspecified atom stereocenters. The standard InChI is InChI=1S/C10H13N3O4S.Na/c1-7(5-10(11)14)12-13-8-3-2-4-9(6-8)18(15,16)17;/h2-4,6,13H,5H2,1H3,(H2,11,14)(H,15,16,17);/q;+1/p-1/b12-7-;. The van der Waals surface area contributed by atoms with Crippen LogP contribution < -0.4 is 40.1 Å². The van der Waals surface area contributed by atoms with Crippen molar-refractivity contribution in [2.45, 2.75) is 18.2 Å². The van der Waals surface area contributed by atoms with Crippen molar-refractivity contribution in [1.29, 1.82) is 5.41 Å². The minimum absolute atomic E-state index is 0. The third-order valence-corrected chi connectivity index (χ3v) is 2.77. The Morgan fingerprint density at radius 1 is 1.53 bits per heavy atom. The van der Waals surface area contributed by atoms with E-state index in [9.17, 15) is 13.5 Å². The first kappa shape index (κ1) is 18.1. The van der Waals surface area contributed by atoms with Crippen molar-refractivity contribution in [3.05, 3.63) is 24.3 Å². The molecule has 0 bridgehead atoms. The normalized spacial score (nSPS) is 11.6. The van der Waals surface area contributed by atoms with Crippen LogP contribution in [0.3, 0.4) is 0 Å². The maximum Gasteiger partial charge on any atom is 1.00 e. The van der Waals surface area contributed by atoms with E-state index in [1.165, 1.54) is 18.2 Å². The van der Waals surface area contributed by atoms with Crippen molar-refractivity contribution in [3.63, 3.8) is 0 Å². The molecule has 1 aromatic rings. The van der Waals surface area contributed by atoms with Gasteiger partial charge in [-0.3, -0.25) is 9.98 Å². The zero-order valence-corrected chi connectivity index (χ0v) is 13.4. The second-order valence-corrected chi connectivity index (χ2v) is 4.98. The molecule has 0 aliphatic rings. The van der Waals surface area contributed by atoms with Crippen LogP contribution in [-0.4, -0.2) is 24.6 Å². The number of hydrazone groups is 1. The Kier molecular flexibility index (Phi) is 7.24. The molecule has 98 valence electrons. The van der Waals surface area contributed by atoms with Gasteiger partial charge in [0.25, 0.3) is 10.1 Å². The van der Waals surface area contributed by atoms with E-state index in [0.29, 0.717) is 11.4 Å². The Labute approximate surface area is 133 Å². The van der Waals surface area contributed by atoms with E-state index in [1.807, 2.05) is 0 Å². The number of hydrogen-bond acceptors (Lipinski definition) is 6. The summed E-state index contributed by atoms with van der Waals surface area (Å²) in [6.45, 7) is 1.56. The molecular weight excluding hydrogens is 281 g/mol. The summed E-state index contributed by atoms with van der Waals surface area (Å²) < 4.78 is 30.6. The third kappa shape index (κ3) is 6.69. The van der Waals surface area contributed by atoms with Crippen LogP contribution in [0.2, 0.25) is 0 Å². The SMILES string of the molecule is C/C(CC(=N)[O-])=N/Nc1cccc(S(=O)(=O)O)c1.[Na+]. The largest absolute Gasteiger partial charge is 1.00 e. The van der Waals surface area contributed by atoms with Crippen molar-refractivity contribution in [3.8, 4) is 0 Å². The summed E-state index contributed by atoms with van der Waals surface area (Å²) in [7, 11) is -4.26. The average molecular weight is 293 g/mol. The van der Waals surface area contributed by atoms with Crippen LogP contribution in [0.1, 0.15) is 13.3 Å². The van der Waals surface area contributed by atoms with Crippen LogP contribution in [0.4, 0.5) is 5.69 Å². The fourth-order valence-electron chi connectivity index (χ4n) is 1.16. The van der Waals surface area contributed by atoms with Gasteiger partial charge in [0.2, 0.25) is 0 Å². The first-order chi connectivity index (χ1) is 8.29. The van der Waals surface area contributed by atoms with Crippen molar-refractivity contribution in [2.24, 2.45) is 5.10 Å². The third-order valence-electron chi connectivity index (χ3n) is 1.92. The summed E-state index contributed by atoms with van der Waals surface area (Å²) in [6.07, 6.45) is -0.106. The Hall–Kier alpha value is -0.930. The fraction of sp³-hybridized carbons (Fsp3) is 0.200. The summed E-state index contributed by atoms with van der Waals surface area (Å²) in [5.74, 6) is -0.760. The molecule has 1 aromatic carbocycles. The van der Waals surface area contributed by atoms with Crippen LogP contribution in [0, 0.1) is 5.41 Å². The number of hydrogen-bond donors (Lipinski definition) is 3. The molecule has 0 saturated heterocycles. The van der Waals surface area contributed by atoms with E-state index in [-0.39, 0.29) is 40.9 Å². The molecule has 9 heteroatoms. The number of benzene rings is 1. The predicted molar refractivity (Wildman–Crippen MR) is 65.3 cm³/mol. The van der Waals surface area contributed by atoms with Gasteiger partial charge in [0.15, 0.2) is 0 Å². The second-order valence-electron chi connectivity index (χ2n) is 3.56. The quantitative estimate of drug-likeness (QED) is 0.181. The van der Waals surface area contributed by atoms with Gasteiger partial charge in [0.1, 0.15) is 0 Å². The molecule has 0 atom stereocenters. The smallest absolute Gasteiger partial charge is 0.862 e. The molecule has 19 heavy (non-hydrogen) atoms. The molecule has 3 N–H and O–H groups in total. The summed E-state index contributed by atoms with van der Waals surface area (Å²) >= 11 is 0. The second kappa shape index (κ2) is 7.61. The molecule has 0 heterocycles. The molecule has 1 rings (SSSR count). The van der Waals surface area contributed by atoms with Crippen molar-refractivity contribution >= 4 is 27.4 Å². The average Bonchev–Trinajstić information content (AvgIpc) is 2.25. The summed E-state index contributed by atoms with van der Waals surface area (Å²) in [4.78, 5) is -0.253. The number of anilines is 1. The first-order valence-corrected chi connectivity index (χ1v) is 6.34. The molecule has 0 fully saturated rings. The minimum Gasteiger partial charge on any atom is -0.862 e. The molecule has 0 saturated carbocycles. The topological polar surface area (TPSA) is 126 Å². The van der Waals surface area contributed by atoms with Crippen LogP contribution >= 0.6 is 0 Å². The van der Waals surface area contributed by atoms with Gasteiger partial charge < -0.3 is 10.5 Å². The molecule has 7 nitrogen and oxygen atoms in total. The van der Waals surface area contributed by atoms with Crippen molar-refractivity contribution < 1.29 is 47.6 Å². The molecular formula is C10H12N3NaO4S. The zero-order chi connectivity index (χ0) is 13.8. The first-order valence-electron chi connectivity index (χ1n) is 4.90. The van der Waals surface area contributed by atoms with Crippen molar-refractivity contribution in [1.82, 2.24) is 0 Å². The van der Waals surface area contributed by atoms with E-state index in [1.54, 1.807) is 13.0 Å². The van der Waals surface area contributed by atoms with Gasteiger partial charge in [-0.2, -0.15) is 13.5 Å². The maximum absolute atomic E-state index is 10.9. The van der Waals surface area contributed by atoms with Gasteiger partial charge in [0.05, 0.1) is 10.6 Å². The van der Waals surface area contributed by atoms with E-state index >= 15 is 0 Å². The summed E-state index contributed by atoms with van der Waals surface area (Å²) in [5.41, 5.74) is 3.28. The van der Waals surface area contributed by atoms with E-state index in [2.05, 4.69) is 10.5 Å². The predicted octanol–water partition coefficient (Wildman–Crippen LogP) is -2.55. The Balaban J connectivity index is 0.00000324. The Morgan fingerprint density at radius 3 is 2.68 bits per heavy atom. The summed E-state index contributed by atoms with van der Waals surface area (Å²) in [5, 5.41) is 21.1. The number of nitrogens with one attached hydrogen (secondary N) is 2. The van der Waals surface area contributed by atoms with Crippen LogP contribution in [0.5, 0.6) is 0 Å². The van der Waals surface area contributed by atoms with Crippen LogP contribution in [-0.2, 0) is 10.1 Å². The van der Waals surface area contributed by atoms with Gasteiger partial charge in [-0.15, -0.1) is 0 Å². The monoisotopic (exact) mass is 293 g/mol. The molecule has 0 spiro atoms. The van der Waals surface area contributed by atoms with Crippen molar-refractivity contribution in [2.75, 3.05) is 5.43 Å². The molecule has 0 aliphatic carbocycles. The van der Waals surface area contributed by atoms with Gasteiger partial charge in [-0.25, -0.2) is 0 Å². The molecule has 0 amide bonds. The summed E-state index contributed by atoms with van der Waals surface area (Å²) in [6, 6.07) is 5.43. The molecule has 0 aliphatic heterocycles. The molecule has 0 aromatic heterocycles. The van der Waals surface area contributed by atoms with E-state index in [0.717, 1.165) is 0 Å². The Morgan fingerprint density at radius 2 is 2.16 bits per heavy atom. The number of rotatable bonds is 5. The van der Waals surface area contributed by atoms with Crippen LogP contribution in [0.25, 0.3) is 0 Å². The maximum atomic E-state index is 10.9. The number of nitrogens with zero attached hydrogens (tertiary/aromatic N) is 1. The minimum atomic E-state index is -4.26. The van der Waals surface area contributed by atoms with Crippen LogP contribution in [0.15, 0.2) is 34.3 Å². The van der Waals surface area contributed by atoms with Gasteiger partial charge >= 0.3 is 29.6 Å². The zero-order valence-electron chi connectivity index (χ0n) is 10.5. The van der Waals surface area contributed by atoms with Gasteiger partial charge in [0, 0.05) is 12.1 Å². The molecule has 0 radical (unpaired) electrons.